The third kappa shape index (κ3) is 2.62. The van der Waals surface area contributed by atoms with Crippen LogP contribution >= 0.6 is 0 Å². The molecule has 12 heteroatoms. The molecule has 5 aromatic rings. The molecule has 0 N–H and O–H groups in total. The molecule has 4 heterocycles. The number of benzene rings is 2. The van der Waals surface area contributed by atoms with Gasteiger partial charge in [-0.15, -0.1) is 0 Å². The maximum Gasteiger partial charge on any atom is 0.332 e. The highest BCUT2D eigenvalue weighted by Crippen LogP contribution is 2.37. The molecule has 12 nitrogen and oxygen atoms in total. The minimum Gasteiger partial charge on any atom is -0.454 e. The van der Waals surface area contributed by atoms with E-state index in [1.165, 1.54) is 23.7 Å². The molecule has 0 spiro atoms. The van der Waals surface area contributed by atoms with E-state index in [-0.39, 0.29) is 23.6 Å². The molecular weight excluding hydrogens is 444 g/mol. The lowest BCUT2D eigenvalue weighted by Gasteiger charge is -2.10. The van der Waals surface area contributed by atoms with Crippen molar-refractivity contribution in [3.05, 3.63) is 79.6 Å². The number of ether oxygens (including phenoxy) is 2. The van der Waals surface area contributed by atoms with Crippen LogP contribution in [0.25, 0.3) is 33.9 Å². The molecule has 0 atom stereocenters. The quantitative estimate of drug-likeness (QED) is 0.297. The summed E-state index contributed by atoms with van der Waals surface area (Å²) in [5.74, 6) is 1.48. The SMILES string of the molecule is Cn1c(=O)c2c(nc3n(-c4ccc5c(c4)OCO5)c(-c4cccc([N+](=O)[O-])c4)cn23)n(C)c1=O. The molecule has 0 radical (unpaired) electrons. The average Bonchev–Trinajstić information content (AvgIpc) is 3.54. The number of nitrogens with zero attached hydrogens (tertiary/aromatic N) is 6. The zero-order valence-corrected chi connectivity index (χ0v) is 18.0. The molecule has 2 aromatic carbocycles. The van der Waals surface area contributed by atoms with E-state index in [0.717, 1.165) is 4.57 Å². The smallest absolute Gasteiger partial charge is 0.332 e. The lowest BCUT2D eigenvalue weighted by atomic mass is 10.1. The molecule has 34 heavy (non-hydrogen) atoms. The van der Waals surface area contributed by atoms with Crippen molar-refractivity contribution in [2.24, 2.45) is 14.1 Å². The molecule has 0 unspecified atom stereocenters. The van der Waals surface area contributed by atoms with E-state index in [2.05, 4.69) is 4.98 Å². The maximum absolute atomic E-state index is 13.0. The van der Waals surface area contributed by atoms with Crippen molar-refractivity contribution < 1.29 is 14.4 Å². The van der Waals surface area contributed by atoms with Crippen LogP contribution in [0.3, 0.4) is 0 Å². The molecule has 3 aromatic heterocycles. The Kier molecular flexibility index (Phi) is 3.96. The first-order valence-electron chi connectivity index (χ1n) is 10.2. The number of nitro groups is 1. The first kappa shape index (κ1) is 19.8. The van der Waals surface area contributed by atoms with Gasteiger partial charge in [0.25, 0.3) is 11.2 Å². The normalized spacial score (nSPS) is 12.6. The van der Waals surface area contributed by atoms with Gasteiger partial charge >= 0.3 is 5.69 Å². The van der Waals surface area contributed by atoms with Gasteiger partial charge in [-0.3, -0.25) is 33.0 Å². The summed E-state index contributed by atoms with van der Waals surface area (Å²) in [6, 6.07) is 11.5. The second-order valence-electron chi connectivity index (χ2n) is 7.85. The summed E-state index contributed by atoms with van der Waals surface area (Å²) < 4.78 is 16.6. The van der Waals surface area contributed by atoms with Crippen molar-refractivity contribution in [2.45, 2.75) is 0 Å². The Morgan fingerprint density at radius 2 is 1.82 bits per heavy atom. The Morgan fingerprint density at radius 3 is 2.62 bits per heavy atom. The fraction of sp³-hybridized carbons (Fsp3) is 0.136. The molecule has 0 aliphatic carbocycles. The number of nitro benzene ring substituents is 1. The number of non-ortho nitro benzene ring substituents is 1. The van der Waals surface area contributed by atoms with Crippen molar-refractivity contribution in [3.8, 4) is 28.4 Å². The third-order valence-corrected chi connectivity index (χ3v) is 5.93. The Bertz CT molecular complexity index is 1790. The number of rotatable bonds is 3. The minimum absolute atomic E-state index is 0.0725. The van der Waals surface area contributed by atoms with E-state index < -0.39 is 16.2 Å². The predicted octanol–water partition coefficient (Wildman–Crippen LogP) is 1.98. The van der Waals surface area contributed by atoms with Crippen LogP contribution in [0.5, 0.6) is 11.5 Å². The lowest BCUT2D eigenvalue weighted by Crippen LogP contribution is -2.37. The van der Waals surface area contributed by atoms with Gasteiger partial charge in [-0.25, -0.2) is 4.79 Å². The molecule has 1 aliphatic heterocycles. The zero-order valence-electron chi connectivity index (χ0n) is 18.0. The largest absolute Gasteiger partial charge is 0.454 e. The first-order valence-corrected chi connectivity index (χ1v) is 10.2. The fourth-order valence-corrected chi connectivity index (χ4v) is 4.23. The average molecular weight is 460 g/mol. The molecule has 1 aliphatic rings. The minimum atomic E-state index is -0.501. The second-order valence-corrected chi connectivity index (χ2v) is 7.85. The van der Waals surface area contributed by atoms with Crippen LogP contribution in [0.2, 0.25) is 0 Å². The van der Waals surface area contributed by atoms with Gasteiger partial charge in [0.2, 0.25) is 12.6 Å². The van der Waals surface area contributed by atoms with Crippen molar-refractivity contribution in [2.75, 3.05) is 6.79 Å². The summed E-state index contributed by atoms with van der Waals surface area (Å²) >= 11 is 0. The van der Waals surface area contributed by atoms with Crippen molar-refractivity contribution in [1.82, 2.24) is 23.1 Å². The van der Waals surface area contributed by atoms with E-state index in [9.17, 15) is 19.7 Å². The van der Waals surface area contributed by atoms with Crippen LogP contribution in [0.4, 0.5) is 5.69 Å². The second kappa shape index (κ2) is 6.81. The highest BCUT2D eigenvalue weighted by atomic mass is 16.7. The number of aryl methyl sites for hydroxylation is 1. The van der Waals surface area contributed by atoms with Crippen LogP contribution in [0.15, 0.2) is 58.3 Å². The highest BCUT2D eigenvalue weighted by Gasteiger charge is 2.24. The Balaban J connectivity index is 1.74. The Morgan fingerprint density at radius 1 is 1.03 bits per heavy atom. The van der Waals surface area contributed by atoms with E-state index in [4.69, 9.17) is 9.47 Å². The van der Waals surface area contributed by atoms with Gasteiger partial charge in [0.1, 0.15) is 0 Å². The molecular formula is C22H16N6O6. The number of aromatic nitrogens is 5. The van der Waals surface area contributed by atoms with Gasteiger partial charge in [-0.1, -0.05) is 12.1 Å². The summed E-state index contributed by atoms with van der Waals surface area (Å²) in [6.07, 6.45) is 1.68. The van der Waals surface area contributed by atoms with E-state index >= 15 is 0 Å². The number of fused-ring (bicyclic) bond motifs is 4. The van der Waals surface area contributed by atoms with Crippen LogP contribution < -0.4 is 20.7 Å². The fourth-order valence-electron chi connectivity index (χ4n) is 4.23. The number of imidazole rings is 2. The summed E-state index contributed by atoms with van der Waals surface area (Å²) in [5.41, 5.74) is 1.12. The molecule has 0 amide bonds. The summed E-state index contributed by atoms with van der Waals surface area (Å²) in [7, 11) is 2.95. The van der Waals surface area contributed by atoms with Crippen LogP contribution in [-0.2, 0) is 14.1 Å². The Hall–Kier alpha value is -4.87. The van der Waals surface area contributed by atoms with Crippen LogP contribution in [-0.4, -0.2) is 34.8 Å². The van der Waals surface area contributed by atoms with Crippen molar-refractivity contribution >= 4 is 22.6 Å². The lowest BCUT2D eigenvalue weighted by molar-refractivity contribution is -0.384. The standard InChI is InChI=1S/C22H16N6O6/c1-24-19-18(20(29)25(2)22(24)30)26-10-15(12-4-3-5-14(8-12)28(31)32)27(21(26)23-19)13-6-7-16-17(9-13)34-11-33-16/h3-10H,11H2,1-2H3. The van der Waals surface area contributed by atoms with Gasteiger partial charge in [-0.05, 0) is 12.1 Å². The molecule has 0 bridgehead atoms. The van der Waals surface area contributed by atoms with Crippen LogP contribution in [0.1, 0.15) is 0 Å². The topological polar surface area (TPSA) is 128 Å². The number of hydrogen-bond donors (Lipinski definition) is 0. The Labute approximate surface area is 189 Å². The molecule has 0 saturated heterocycles. The van der Waals surface area contributed by atoms with E-state index in [1.807, 2.05) is 0 Å². The predicted molar refractivity (Wildman–Crippen MR) is 121 cm³/mol. The molecule has 0 saturated carbocycles. The molecule has 170 valence electrons. The third-order valence-electron chi connectivity index (χ3n) is 5.93. The summed E-state index contributed by atoms with van der Waals surface area (Å²) in [4.78, 5) is 41.0. The first-order chi connectivity index (χ1) is 16.3. The maximum atomic E-state index is 13.0. The zero-order chi connectivity index (χ0) is 23.7. The van der Waals surface area contributed by atoms with Gasteiger partial charge in [-0.2, -0.15) is 4.98 Å². The van der Waals surface area contributed by atoms with Gasteiger partial charge in [0.05, 0.1) is 16.3 Å². The molecule has 6 rings (SSSR count). The highest BCUT2D eigenvalue weighted by molar-refractivity contribution is 5.80. The van der Waals surface area contributed by atoms with E-state index in [1.54, 1.807) is 52.5 Å². The van der Waals surface area contributed by atoms with E-state index in [0.29, 0.717) is 34.2 Å². The number of hydrogen-bond acceptors (Lipinski definition) is 7. The van der Waals surface area contributed by atoms with Crippen molar-refractivity contribution in [3.63, 3.8) is 0 Å². The summed E-state index contributed by atoms with van der Waals surface area (Å²) in [5, 5.41) is 11.4. The van der Waals surface area contributed by atoms with Gasteiger partial charge in [0, 0.05) is 44.1 Å². The summed E-state index contributed by atoms with van der Waals surface area (Å²) in [6.45, 7) is 0.100. The van der Waals surface area contributed by atoms with Gasteiger partial charge in [0.15, 0.2) is 22.7 Å². The molecule has 0 fully saturated rings. The monoisotopic (exact) mass is 460 g/mol. The van der Waals surface area contributed by atoms with Crippen LogP contribution in [0, 0.1) is 10.1 Å². The van der Waals surface area contributed by atoms with Gasteiger partial charge < -0.3 is 9.47 Å². The van der Waals surface area contributed by atoms with Crippen molar-refractivity contribution in [1.29, 1.82) is 0 Å².